The van der Waals surface area contributed by atoms with Gasteiger partial charge < -0.3 is 15.6 Å². The Labute approximate surface area is 108 Å². The standard InChI is InChI=1S/C10H12Cl2N2O3/c1-5(15)9(13)10(16)17-4-6-2-7(11)14-8(12)3-6/h2-3,5,9,15H,4,13H2,1H3/t5-,9-/m0/s1. The van der Waals surface area contributed by atoms with Gasteiger partial charge in [-0.15, -0.1) is 0 Å². The maximum Gasteiger partial charge on any atom is 0.325 e. The Kier molecular flexibility index (Phi) is 5.14. The third-order valence-corrected chi connectivity index (χ3v) is 2.38. The summed E-state index contributed by atoms with van der Waals surface area (Å²) in [7, 11) is 0. The van der Waals surface area contributed by atoms with Crippen molar-refractivity contribution < 1.29 is 14.6 Å². The maximum absolute atomic E-state index is 11.3. The van der Waals surface area contributed by atoms with Crippen LogP contribution in [0.15, 0.2) is 12.1 Å². The summed E-state index contributed by atoms with van der Waals surface area (Å²) in [6.45, 7) is 1.38. The zero-order valence-corrected chi connectivity index (χ0v) is 10.6. The van der Waals surface area contributed by atoms with Crippen molar-refractivity contribution in [3.63, 3.8) is 0 Å². The van der Waals surface area contributed by atoms with E-state index < -0.39 is 18.1 Å². The molecular weight excluding hydrogens is 267 g/mol. The topological polar surface area (TPSA) is 85.4 Å². The average Bonchev–Trinajstić information content (AvgIpc) is 2.23. The molecule has 0 radical (unpaired) electrons. The smallest absolute Gasteiger partial charge is 0.325 e. The number of aliphatic hydroxyl groups excluding tert-OH is 1. The molecule has 0 spiro atoms. The lowest BCUT2D eigenvalue weighted by molar-refractivity contribution is -0.149. The number of aliphatic hydroxyl groups is 1. The van der Waals surface area contributed by atoms with E-state index in [1.54, 1.807) is 0 Å². The predicted molar refractivity (Wildman–Crippen MR) is 63.7 cm³/mol. The van der Waals surface area contributed by atoms with Gasteiger partial charge in [-0.2, -0.15) is 0 Å². The molecule has 0 aliphatic rings. The van der Waals surface area contributed by atoms with Gasteiger partial charge in [0.1, 0.15) is 23.0 Å². The number of hydrogen-bond acceptors (Lipinski definition) is 5. The molecular formula is C10H12Cl2N2O3. The molecule has 2 atom stereocenters. The van der Waals surface area contributed by atoms with Crippen molar-refractivity contribution in [2.75, 3.05) is 0 Å². The highest BCUT2D eigenvalue weighted by atomic mass is 35.5. The first-order valence-electron chi connectivity index (χ1n) is 4.82. The van der Waals surface area contributed by atoms with Crippen molar-refractivity contribution in [1.29, 1.82) is 0 Å². The number of aromatic nitrogens is 1. The quantitative estimate of drug-likeness (QED) is 0.637. The van der Waals surface area contributed by atoms with Crippen LogP contribution in [0.4, 0.5) is 0 Å². The molecule has 0 aliphatic carbocycles. The number of nitrogens with zero attached hydrogens (tertiary/aromatic N) is 1. The second kappa shape index (κ2) is 6.16. The van der Waals surface area contributed by atoms with E-state index in [1.807, 2.05) is 0 Å². The molecule has 1 aromatic heterocycles. The van der Waals surface area contributed by atoms with E-state index in [0.717, 1.165) is 0 Å². The molecule has 5 nitrogen and oxygen atoms in total. The molecule has 1 rings (SSSR count). The zero-order chi connectivity index (χ0) is 13.0. The van der Waals surface area contributed by atoms with Crippen LogP contribution in [0, 0.1) is 0 Å². The van der Waals surface area contributed by atoms with Gasteiger partial charge in [0.15, 0.2) is 0 Å². The number of ether oxygens (including phenoxy) is 1. The molecule has 0 fully saturated rings. The normalized spacial score (nSPS) is 14.2. The van der Waals surface area contributed by atoms with Crippen LogP contribution < -0.4 is 5.73 Å². The molecule has 94 valence electrons. The fourth-order valence-corrected chi connectivity index (χ4v) is 1.55. The summed E-state index contributed by atoms with van der Waals surface area (Å²) < 4.78 is 4.89. The molecule has 1 aromatic rings. The van der Waals surface area contributed by atoms with Crippen LogP contribution in [0.5, 0.6) is 0 Å². The van der Waals surface area contributed by atoms with Crippen LogP contribution in [-0.2, 0) is 16.1 Å². The largest absolute Gasteiger partial charge is 0.460 e. The number of carbonyl (C=O) groups is 1. The molecule has 1 heterocycles. The Morgan fingerprint density at radius 3 is 2.53 bits per heavy atom. The fraction of sp³-hybridized carbons (Fsp3) is 0.400. The van der Waals surface area contributed by atoms with Gasteiger partial charge >= 0.3 is 5.97 Å². The Morgan fingerprint density at radius 2 is 2.06 bits per heavy atom. The second-order valence-electron chi connectivity index (χ2n) is 3.49. The zero-order valence-electron chi connectivity index (χ0n) is 9.06. The van der Waals surface area contributed by atoms with Crippen LogP contribution in [-0.4, -0.2) is 28.2 Å². The van der Waals surface area contributed by atoms with E-state index in [1.165, 1.54) is 19.1 Å². The van der Waals surface area contributed by atoms with Gasteiger partial charge in [-0.3, -0.25) is 4.79 Å². The lowest BCUT2D eigenvalue weighted by Gasteiger charge is -2.13. The number of halogens is 2. The van der Waals surface area contributed by atoms with Gasteiger partial charge in [0.2, 0.25) is 0 Å². The predicted octanol–water partition coefficient (Wildman–Crippen LogP) is 1.14. The van der Waals surface area contributed by atoms with Gasteiger partial charge in [0, 0.05) is 0 Å². The lowest BCUT2D eigenvalue weighted by Crippen LogP contribution is -2.41. The van der Waals surface area contributed by atoms with E-state index in [4.69, 9.17) is 38.8 Å². The molecule has 3 N–H and O–H groups in total. The third kappa shape index (κ3) is 4.47. The van der Waals surface area contributed by atoms with Crippen molar-refractivity contribution in [3.8, 4) is 0 Å². The van der Waals surface area contributed by atoms with Gasteiger partial charge in [-0.1, -0.05) is 23.2 Å². The molecule has 0 unspecified atom stereocenters. The molecule has 0 bridgehead atoms. The summed E-state index contributed by atoms with van der Waals surface area (Å²) in [5.74, 6) is -0.691. The summed E-state index contributed by atoms with van der Waals surface area (Å²) in [4.78, 5) is 15.1. The van der Waals surface area contributed by atoms with E-state index in [2.05, 4.69) is 4.98 Å². The summed E-state index contributed by atoms with van der Waals surface area (Å²) in [5.41, 5.74) is 5.99. The maximum atomic E-state index is 11.3. The van der Waals surface area contributed by atoms with Gasteiger partial charge in [0.25, 0.3) is 0 Å². The van der Waals surface area contributed by atoms with Crippen molar-refractivity contribution >= 4 is 29.2 Å². The number of nitrogens with two attached hydrogens (primary N) is 1. The number of pyridine rings is 1. The van der Waals surface area contributed by atoms with Crippen molar-refractivity contribution in [1.82, 2.24) is 4.98 Å². The highest BCUT2D eigenvalue weighted by molar-refractivity contribution is 6.32. The third-order valence-electron chi connectivity index (χ3n) is 2.00. The van der Waals surface area contributed by atoms with Crippen LogP contribution in [0.2, 0.25) is 10.3 Å². The summed E-state index contributed by atoms with van der Waals surface area (Å²) >= 11 is 11.4. The monoisotopic (exact) mass is 278 g/mol. The first kappa shape index (κ1) is 14.2. The van der Waals surface area contributed by atoms with E-state index >= 15 is 0 Å². The van der Waals surface area contributed by atoms with E-state index in [9.17, 15) is 4.79 Å². The molecule has 17 heavy (non-hydrogen) atoms. The van der Waals surface area contributed by atoms with Gasteiger partial charge in [-0.05, 0) is 24.6 Å². The lowest BCUT2D eigenvalue weighted by atomic mass is 10.2. The SMILES string of the molecule is C[C@H](O)[C@H](N)C(=O)OCc1cc(Cl)nc(Cl)c1. The van der Waals surface area contributed by atoms with E-state index in [-0.39, 0.29) is 16.9 Å². The highest BCUT2D eigenvalue weighted by Crippen LogP contribution is 2.15. The van der Waals surface area contributed by atoms with E-state index in [0.29, 0.717) is 5.56 Å². The summed E-state index contributed by atoms with van der Waals surface area (Å²) in [6.07, 6.45) is -0.966. The minimum absolute atomic E-state index is 0.0266. The Bertz CT molecular complexity index is 392. The van der Waals surface area contributed by atoms with Gasteiger partial charge in [-0.25, -0.2) is 4.98 Å². The number of carbonyl (C=O) groups excluding carboxylic acids is 1. The molecule has 0 amide bonds. The summed E-state index contributed by atoms with van der Waals surface area (Å²) in [6, 6.07) is 1.98. The van der Waals surface area contributed by atoms with Crippen molar-refractivity contribution in [2.45, 2.75) is 25.7 Å². The second-order valence-corrected chi connectivity index (χ2v) is 4.27. The fourth-order valence-electron chi connectivity index (χ4n) is 1.05. The Morgan fingerprint density at radius 1 is 1.53 bits per heavy atom. The molecule has 0 saturated heterocycles. The molecule has 7 heteroatoms. The van der Waals surface area contributed by atoms with Gasteiger partial charge in [0.05, 0.1) is 6.10 Å². The Hall–Kier alpha value is -0.880. The minimum Gasteiger partial charge on any atom is -0.460 e. The molecule has 0 saturated carbocycles. The average molecular weight is 279 g/mol. The Balaban J connectivity index is 2.58. The van der Waals surface area contributed by atoms with Crippen LogP contribution in [0.25, 0.3) is 0 Å². The first-order valence-corrected chi connectivity index (χ1v) is 5.58. The van der Waals surface area contributed by atoms with Crippen LogP contribution in [0.1, 0.15) is 12.5 Å². The molecule has 0 aliphatic heterocycles. The molecule has 0 aromatic carbocycles. The number of hydrogen-bond donors (Lipinski definition) is 2. The highest BCUT2D eigenvalue weighted by Gasteiger charge is 2.20. The summed E-state index contributed by atoms with van der Waals surface area (Å²) in [5, 5.41) is 9.52. The number of esters is 1. The minimum atomic E-state index is -1.07. The van der Waals surface area contributed by atoms with Crippen molar-refractivity contribution in [2.24, 2.45) is 5.73 Å². The van der Waals surface area contributed by atoms with Crippen LogP contribution in [0.3, 0.4) is 0 Å². The number of rotatable bonds is 4. The van der Waals surface area contributed by atoms with Crippen LogP contribution >= 0.6 is 23.2 Å². The first-order chi connectivity index (χ1) is 7.90. The van der Waals surface area contributed by atoms with Crippen molar-refractivity contribution in [3.05, 3.63) is 28.0 Å².